The fraction of sp³-hybridized carbons (Fsp3) is 0.300. The van der Waals surface area contributed by atoms with Crippen LogP contribution in [0, 0.1) is 6.92 Å². The average Bonchev–Trinajstić information content (AvgIpc) is 2.16. The van der Waals surface area contributed by atoms with Gasteiger partial charge in [0.15, 0.2) is 0 Å². The van der Waals surface area contributed by atoms with E-state index in [9.17, 15) is 0 Å². The SMILES string of the molecule is CN/C=C(\NC)c1ccc(C)nc1. The number of rotatable bonds is 3. The van der Waals surface area contributed by atoms with Crippen molar-refractivity contribution >= 4 is 5.70 Å². The minimum absolute atomic E-state index is 1.03. The van der Waals surface area contributed by atoms with Gasteiger partial charge in [-0.05, 0) is 19.1 Å². The minimum atomic E-state index is 1.03. The molecule has 1 aromatic heterocycles. The van der Waals surface area contributed by atoms with Crippen LogP contribution in [0.4, 0.5) is 0 Å². The Morgan fingerprint density at radius 3 is 2.62 bits per heavy atom. The molecule has 3 nitrogen and oxygen atoms in total. The fourth-order valence-corrected chi connectivity index (χ4v) is 1.07. The number of nitrogens with one attached hydrogen (secondary N) is 2. The fourth-order valence-electron chi connectivity index (χ4n) is 1.07. The second-order valence-electron chi connectivity index (χ2n) is 2.78. The van der Waals surface area contributed by atoms with Crippen molar-refractivity contribution in [1.29, 1.82) is 0 Å². The Balaban J connectivity index is 2.92. The Labute approximate surface area is 78.9 Å². The van der Waals surface area contributed by atoms with E-state index in [2.05, 4.69) is 15.6 Å². The van der Waals surface area contributed by atoms with E-state index in [-0.39, 0.29) is 0 Å². The number of aryl methyl sites for hydroxylation is 1. The van der Waals surface area contributed by atoms with Crippen molar-refractivity contribution in [2.75, 3.05) is 14.1 Å². The highest BCUT2D eigenvalue weighted by molar-refractivity contribution is 5.62. The number of nitrogens with zero attached hydrogens (tertiary/aromatic N) is 1. The van der Waals surface area contributed by atoms with Crippen LogP contribution in [0.3, 0.4) is 0 Å². The molecule has 70 valence electrons. The first-order valence-electron chi connectivity index (χ1n) is 4.26. The summed E-state index contributed by atoms with van der Waals surface area (Å²) in [6.07, 6.45) is 3.77. The summed E-state index contributed by atoms with van der Waals surface area (Å²) in [5, 5.41) is 6.08. The summed E-state index contributed by atoms with van der Waals surface area (Å²) in [6.45, 7) is 1.98. The number of hydrogen-bond acceptors (Lipinski definition) is 3. The number of hydrogen-bond donors (Lipinski definition) is 2. The molecule has 2 N–H and O–H groups in total. The van der Waals surface area contributed by atoms with Crippen LogP contribution in [-0.4, -0.2) is 19.1 Å². The Morgan fingerprint density at radius 2 is 2.15 bits per heavy atom. The van der Waals surface area contributed by atoms with Crippen LogP contribution >= 0.6 is 0 Å². The number of pyridine rings is 1. The van der Waals surface area contributed by atoms with Gasteiger partial charge in [-0.25, -0.2) is 0 Å². The highest BCUT2D eigenvalue weighted by Gasteiger charge is 1.97. The largest absolute Gasteiger partial charge is 0.392 e. The van der Waals surface area contributed by atoms with Crippen molar-refractivity contribution in [1.82, 2.24) is 15.6 Å². The maximum absolute atomic E-state index is 4.22. The summed E-state index contributed by atoms with van der Waals surface area (Å²) >= 11 is 0. The summed E-state index contributed by atoms with van der Waals surface area (Å²) in [7, 11) is 3.77. The van der Waals surface area contributed by atoms with Crippen LogP contribution in [-0.2, 0) is 0 Å². The van der Waals surface area contributed by atoms with E-state index in [1.165, 1.54) is 0 Å². The Morgan fingerprint density at radius 1 is 1.38 bits per heavy atom. The van der Waals surface area contributed by atoms with Gasteiger partial charge in [0.2, 0.25) is 0 Å². The van der Waals surface area contributed by atoms with Gasteiger partial charge in [0, 0.05) is 37.7 Å². The Hall–Kier alpha value is -1.51. The van der Waals surface area contributed by atoms with Crippen molar-refractivity contribution in [2.24, 2.45) is 0 Å². The molecule has 0 aliphatic carbocycles. The molecule has 0 aliphatic rings. The van der Waals surface area contributed by atoms with E-state index in [0.29, 0.717) is 0 Å². The molecule has 0 unspecified atom stereocenters. The van der Waals surface area contributed by atoms with E-state index >= 15 is 0 Å². The lowest BCUT2D eigenvalue weighted by atomic mass is 10.2. The van der Waals surface area contributed by atoms with E-state index < -0.39 is 0 Å². The van der Waals surface area contributed by atoms with Gasteiger partial charge in [0.05, 0.1) is 5.70 Å². The number of aromatic nitrogens is 1. The standard InChI is InChI=1S/C10H15N3/c1-8-4-5-9(6-13-8)10(12-3)7-11-2/h4-7,11-12H,1-3H3/b10-7-. The van der Waals surface area contributed by atoms with Crippen LogP contribution in [0.25, 0.3) is 5.70 Å². The van der Waals surface area contributed by atoms with Gasteiger partial charge in [-0.2, -0.15) is 0 Å². The molecule has 0 spiro atoms. The highest BCUT2D eigenvalue weighted by Crippen LogP contribution is 2.08. The normalized spacial score (nSPS) is 11.2. The van der Waals surface area contributed by atoms with Gasteiger partial charge in [-0.1, -0.05) is 0 Å². The zero-order chi connectivity index (χ0) is 9.68. The third-order valence-electron chi connectivity index (χ3n) is 1.78. The lowest BCUT2D eigenvalue weighted by Gasteiger charge is -2.06. The molecule has 3 heteroatoms. The van der Waals surface area contributed by atoms with E-state index in [1.807, 2.05) is 45.5 Å². The molecule has 0 saturated carbocycles. The van der Waals surface area contributed by atoms with Gasteiger partial charge in [0.25, 0.3) is 0 Å². The van der Waals surface area contributed by atoms with Crippen LogP contribution in [0.1, 0.15) is 11.3 Å². The maximum Gasteiger partial charge on any atom is 0.0586 e. The second-order valence-corrected chi connectivity index (χ2v) is 2.78. The van der Waals surface area contributed by atoms with Gasteiger partial charge < -0.3 is 10.6 Å². The maximum atomic E-state index is 4.22. The first kappa shape index (κ1) is 9.58. The molecule has 1 heterocycles. The molecule has 0 bridgehead atoms. The van der Waals surface area contributed by atoms with E-state index in [4.69, 9.17) is 0 Å². The molecule has 1 rings (SSSR count). The summed E-state index contributed by atoms with van der Waals surface area (Å²) in [5.41, 5.74) is 3.15. The second kappa shape index (κ2) is 4.50. The molecule has 0 fully saturated rings. The van der Waals surface area contributed by atoms with Gasteiger partial charge in [-0.15, -0.1) is 0 Å². The molecule has 0 saturated heterocycles. The summed E-state index contributed by atoms with van der Waals surface area (Å²) in [6, 6.07) is 4.04. The predicted octanol–water partition coefficient (Wildman–Crippen LogP) is 1.13. The van der Waals surface area contributed by atoms with E-state index in [1.54, 1.807) is 0 Å². The third-order valence-corrected chi connectivity index (χ3v) is 1.78. The van der Waals surface area contributed by atoms with Crippen LogP contribution in [0.15, 0.2) is 24.5 Å². The minimum Gasteiger partial charge on any atom is -0.392 e. The molecular weight excluding hydrogens is 162 g/mol. The lowest BCUT2D eigenvalue weighted by molar-refractivity contribution is 1.04. The first-order chi connectivity index (χ1) is 6.27. The quantitative estimate of drug-likeness (QED) is 0.726. The molecule has 0 amide bonds. The summed E-state index contributed by atoms with van der Waals surface area (Å²) < 4.78 is 0. The van der Waals surface area contributed by atoms with Gasteiger partial charge in [-0.3, -0.25) is 4.98 Å². The third kappa shape index (κ3) is 2.47. The monoisotopic (exact) mass is 177 g/mol. The van der Waals surface area contributed by atoms with Gasteiger partial charge in [0.1, 0.15) is 0 Å². The van der Waals surface area contributed by atoms with Crippen molar-refractivity contribution in [3.63, 3.8) is 0 Å². The molecule has 0 aromatic carbocycles. The van der Waals surface area contributed by atoms with Crippen molar-refractivity contribution in [2.45, 2.75) is 6.92 Å². The van der Waals surface area contributed by atoms with Crippen molar-refractivity contribution < 1.29 is 0 Å². The molecule has 0 atom stereocenters. The smallest absolute Gasteiger partial charge is 0.0586 e. The Bertz CT molecular complexity index is 288. The summed E-state index contributed by atoms with van der Waals surface area (Å²) in [5.74, 6) is 0. The zero-order valence-electron chi connectivity index (χ0n) is 8.26. The highest BCUT2D eigenvalue weighted by atomic mass is 14.9. The zero-order valence-corrected chi connectivity index (χ0v) is 8.26. The average molecular weight is 177 g/mol. The molecule has 13 heavy (non-hydrogen) atoms. The topological polar surface area (TPSA) is 37.0 Å². The molecule has 1 aromatic rings. The lowest BCUT2D eigenvalue weighted by Crippen LogP contribution is -2.09. The molecule has 0 radical (unpaired) electrons. The van der Waals surface area contributed by atoms with Crippen LogP contribution in [0.2, 0.25) is 0 Å². The van der Waals surface area contributed by atoms with Crippen LogP contribution < -0.4 is 10.6 Å². The van der Waals surface area contributed by atoms with Crippen molar-refractivity contribution in [3.05, 3.63) is 35.8 Å². The summed E-state index contributed by atoms with van der Waals surface area (Å²) in [4.78, 5) is 4.22. The molecular formula is C10H15N3. The Kier molecular flexibility index (Phi) is 3.31. The predicted molar refractivity (Wildman–Crippen MR) is 55.1 cm³/mol. The van der Waals surface area contributed by atoms with Crippen molar-refractivity contribution in [3.8, 4) is 0 Å². The molecule has 0 aliphatic heterocycles. The first-order valence-corrected chi connectivity index (χ1v) is 4.26. The van der Waals surface area contributed by atoms with E-state index in [0.717, 1.165) is 17.0 Å². The van der Waals surface area contributed by atoms with Crippen LogP contribution in [0.5, 0.6) is 0 Å². The van der Waals surface area contributed by atoms with Gasteiger partial charge >= 0.3 is 0 Å².